The minimum Gasteiger partial charge on any atom is -0.508 e. The van der Waals surface area contributed by atoms with Gasteiger partial charge in [0.15, 0.2) is 0 Å². The van der Waals surface area contributed by atoms with Gasteiger partial charge in [-0.3, -0.25) is 4.90 Å². The molecule has 1 heterocycles. The van der Waals surface area contributed by atoms with Crippen LogP contribution in [0.5, 0.6) is 11.5 Å². The van der Waals surface area contributed by atoms with Gasteiger partial charge in [-0.2, -0.15) is 0 Å². The van der Waals surface area contributed by atoms with Crippen LogP contribution in [-0.2, 0) is 13.1 Å². The largest absolute Gasteiger partial charge is 0.508 e. The van der Waals surface area contributed by atoms with Crippen LogP contribution in [0, 0.1) is 6.92 Å². The molecule has 0 aromatic heterocycles. The minimum atomic E-state index is 0.325. The van der Waals surface area contributed by atoms with Gasteiger partial charge in [0.1, 0.15) is 11.5 Å². The van der Waals surface area contributed by atoms with Crippen LogP contribution in [-0.4, -0.2) is 21.2 Å². The topological polar surface area (TPSA) is 43.7 Å². The Bertz CT molecular complexity index is 734. The van der Waals surface area contributed by atoms with Gasteiger partial charge in [0, 0.05) is 19.1 Å². The monoisotopic (exact) mass is 295 g/mol. The van der Waals surface area contributed by atoms with E-state index in [1.165, 1.54) is 41.5 Å². The van der Waals surface area contributed by atoms with Crippen LogP contribution in [0.3, 0.4) is 0 Å². The molecule has 1 aliphatic heterocycles. The molecule has 0 unspecified atom stereocenters. The van der Waals surface area contributed by atoms with Crippen LogP contribution in [0.2, 0.25) is 0 Å². The molecule has 0 spiro atoms. The summed E-state index contributed by atoms with van der Waals surface area (Å²) in [4.78, 5) is 2.49. The molecule has 0 atom stereocenters. The average molecular weight is 295 g/mol. The second kappa shape index (κ2) is 5.03. The van der Waals surface area contributed by atoms with Crippen molar-refractivity contribution in [2.24, 2.45) is 0 Å². The molecule has 0 radical (unpaired) electrons. The van der Waals surface area contributed by atoms with Crippen molar-refractivity contribution >= 4 is 0 Å². The summed E-state index contributed by atoms with van der Waals surface area (Å²) in [5.41, 5.74) is 5.62. The van der Waals surface area contributed by atoms with Gasteiger partial charge in [-0.25, -0.2) is 0 Å². The predicted octanol–water partition coefficient (Wildman–Crippen LogP) is 3.94. The Morgan fingerprint density at radius 1 is 0.955 bits per heavy atom. The number of fused-ring (bicyclic) bond motifs is 3. The zero-order valence-electron chi connectivity index (χ0n) is 12.8. The van der Waals surface area contributed by atoms with Gasteiger partial charge < -0.3 is 10.2 Å². The van der Waals surface area contributed by atoms with Crippen molar-refractivity contribution in [3.8, 4) is 22.6 Å². The molecule has 2 aliphatic rings. The number of hydrogen-bond acceptors (Lipinski definition) is 3. The van der Waals surface area contributed by atoms with E-state index in [9.17, 15) is 10.2 Å². The fourth-order valence-corrected chi connectivity index (χ4v) is 3.60. The Balaban J connectivity index is 1.88. The SMILES string of the molecule is Cc1cc2c(cc1O)CN(C1CCC1)Cc1cc(O)ccc1-2. The summed E-state index contributed by atoms with van der Waals surface area (Å²) in [7, 11) is 0. The first kappa shape index (κ1) is 13.6. The summed E-state index contributed by atoms with van der Waals surface area (Å²) in [6.07, 6.45) is 3.81. The van der Waals surface area contributed by atoms with Crippen molar-refractivity contribution in [1.29, 1.82) is 0 Å². The van der Waals surface area contributed by atoms with Gasteiger partial charge in [0.2, 0.25) is 0 Å². The Hall–Kier alpha value is -2.00. The summed E-state index contributed by atoms with van der Waals surface area (Å²) in [5.74, 6) is 0.695. The molecular formula is C19H21NO2. The molecular weight excluding hydrogens is 274 g/mol. The molecule has 22 heavy (non-hydrogen) atoms. The lowest BCUT2D eigenvalue weighted by molar-refractivity contribution is 0.113. The molecule has 1 aliphatic carbocycles. The van der Waals surface area contributed by atoms with Crippen LogP contribution < -0.4 is 0 Å². The van der Waals surface area contributed by atoms with E-state index in [1.54, 1.807) is 6.07 Å². The van der Waals surface area contributed by atoms with Crippen molar-refractivity contribution in [1.82, 2.24) is 4.90 Å². The van der Waals surface area contributed by atoms with Crippen molar-refractivity contribution in [2.75, 3.05) is 0 Å². The summed E-state index contributed by atoms with van der Waals surface area (Å²) in [6.45, 7) is 3.66. The maximum atomic E-state index is 10.1. The molecule has 0 amide bonds. The van der Waals surface area contributed by atoms with Gasteiger partial charge in [-0.05, 0) is 71.8 Å². The fourth-order valence-electron chi connectivity index (χ4n) is 3.60. The first-order valence-corrected chi connectivity index (χ1v) is 8.00. The molecule has 0 saturated heterocycles. The Morgan fingerprint density at radius 2 is 1.68 bits per heavy atom. The van der Waals surface area contributed by atoms with Crippen molar-refractivity contribution in [3.05, 3.63) is 47.0 Å². The lowest BCUT2D eigenvalue weighted by Gasteiger charge is -2.37. The molecule has 1 saturated carbocycles. The third-order valence-corrected chi connectivity index (χ3v) is 5.14. The van der Waals surface area contributed by atoms with Gasteiger partial charge in [0.05, 0.1) is 0 Å². The van der Waals surface area contributed by atoms with Crippen molar-refractivity contribution in [2.45, 2.75) is 45.3 Å². The number of phenols is 2. The van der Waals surface area contributed by atoms with Crippen molar-refractivity contribution < 1.29 is 10.2 Å². The number of nitrogens with zero attached hydrogens (tertiary/aromatic N) is 1. The molecule has 2 aromatic rings. The van der Waals surface area contributed by atoms with Crippen LogP contribution in [0.15, 0.2) is 30.3 Å². The van der Waals surface area contributed by atoms with E-state index in [0.29, 0.717) is 17.5 Å². The van der Waals surface area contributed by atoms with Crippen LogP contribution in [0.25, 0.3) is 11.1 Å². The highest BCUT2D eigenvalue weighted by Gasteiger charge is 2.29. The maximum Gasteiger partial charge on any atom is 0.118 e. The number of aromatic hydroxyl groups is 2. The lowest BCUT2D eigenvalue weighted by atomic mass is 9.91. The summed E-state index contributed by atoms with van der Waals surface area (Å²) in [6, 6.07) is 10.3. The zero-order valence-corrected chi connectivity index (χ0v) is 12.8. The predicted molar refractivity (Wildman–Crippen MR) is 86.8 cm³/mol. The Kier molecular flexibility index (Phi) is 3.12. The van der Waals surface area contributed by atoms with E-state index < -0.39 is 0 Å². The van der Waals surface area contributed by atoms with Crippen LogP contribution in [0.1, 0.15) is 36.0 Å². The lowest BCUT2D eigenvalue weighted by Crippen LogP contribution is -2.38. The molecule has 0 bridgehead atoms. The first-order chi connectivity index (χ1) is 10.6. The van der Waals surface area contributed by atoms with Crippen molar-refractivity contribution in [3.63, 3.8) is 0 Å². The molecule has 2 aromatic carbocycles. The minimum absolute atomic E-state index is 0.325. The maximum absolute atomic E-state index is 10.1. The smallest absolute Gasteiger partial charge is 0.118 e. The van der Waals surface area contributed by atoms with Crippen LogP contribution in [0.4, 0.5) is 0 Å². The highest BCUT2D eigenvalue weighted by atomic mass is 16.3. The van der Waals surface area contributed by atoms with E-state index in [2.05, 4.69) is 11.0 Å². The second-order valence-electron chi connectivity index (χ2n) is 6.63. The van der Waals surface area contributed by atoms with E-state index >= 15 is 0 Å². The van der Waals surface area contributed by atoms with Gasteiger partial charge in [0.25, 0.3) is 0 Å². The molecule has 3 heteroatoms. The molecule has 2 N–H and O–H groups in total. The summed E-state index contributed by atoms with van der Waals surface area (Å²) in [5, 5.41) is 20.0. The number of hydrogen-bond donors (Lipinski definition) is 2. The Morgan fingerprint density at radius 3 is 2.36 bits per heavy atom. The van der Waals surface area contributed by atoms with E-state index in [-0.39, 0.29) is 0 Å². The highest BCUT2D eigenvalue weighted by molar-refractivity contribution is 5.74. The second-order valence-corrected chi connectivity index (χ2v) is 6.63. The molecule has 4 rings (SSSR count). The van der Waals surface area contributed by atoms with E-state index in [1.807, 2.05) is 25.1 Å². The molecule has 1 fully saturated rings. The quantitative estimate of drug-likeness (QED) is 0.837. The van der Waals surface area contributed by atoms with Gasteiger partial charge >= 0.3 is 0 Å². The third kappa shape index (κ3) is 2.17. The fraction of sp³-hybridized carbons (Fsp3) is 0.368. The van der Waals surface area contributed by atoms with E-state index in [0.717, 1.165) is 18.7 Å². The summed E-state index contributed by atoms with van der Waals surface area (Å²) >= 11 is 0. The standard InChI is InChI=1S/C19H21NO2/c1-12-7-18-14(9-19(12)22)11-20(15-3-2-4-15)10-13-8-16(21)5-6-17(13)18/h5-9,15,21-22H,2-4,10-11H2,1H3. The number of aryl methyl sites for hydroxylation is 1. The number of benzene rings is 2. The van der Waals surface area contributed by atoms with Gasteiger partial charge in [-0.1, -0.05) is 12.5 Å². The van der Waals surface area contributed by atoms with Gasteiger partial charge in [-0.15, -0.1) is 0 Å². The summed E-state index contributed by atoms with van der Waals surface area (Å²) < 4.78 is 0. The normalized spacial score (nSPS) is 18.2. The van der Waals surface area contributed by atoms with E-state index in [4.69, 9.17) is 0 Å². The average Bonchev–Trinajstić information content (AvgIpc) is 2.54. The first-order valence-electron chi connectivity index (χ1n) is 8.00. The number of rotatable bonds is 1. The molecule has 114 valence electrons. The zero-order chi connectivity index (χ0) is 15.3. The van der Waals surface area contributed by atoms with Crippen LogP contribution >= 0.6 is 0 Å². The number of phenolic OH excluding ortho intramolecular Hbond substituents is 2. The third-order valence-electron chi connectivity index (χ3n) is 5.14. The Labute approximate surface area is 130 Å². The highest BCUT2D eigenvalue weighted by Crippen LogP contribution is 2.39. The molecule has 3 nitrogen and oxygen atoms in total.